The highest BCUT2D eigenvalue weighted by Crippen LogP contribution is 2.16. The van der Waals surface area contributed by atoms with Crippen LogP contribution in [0, 0.1) is 5.92 Å². The molecule has 0 heterocycles. The summed E-state index contributed by atoms with van der Waals surface area (Å²) in [5.41, 5.74) is 8.88. The summed E-state index contributed by atoms with van der Waals surface area (Å²) in [7, 11) is 0. The highest BCUT2D eigenvalue weighted by Gasteiger charge is 2.26. The van der Waals surface area contributed by atoms with Gasteiger partial charge in [0.2, 0.25) is 5.91 Å². The van der Waals surface area contributed by atoms with Crippen LogP contribution >= 0.6 is 0 Å². The second-order valence-corrected chi connectivity index (χ2v) is 9.01. The Morgan fingerprint density at radius 2 is 1.37 bits per heavy atom. The average Bonchev–Trinajstić information content (AvgIpc) is 2.87. The average molecular weight is 475 g/mol. The third-order valence-electron chi connectivity index (χ3n) is 5.50. The molecule has 0 saturated heterocycles. The highest BCUT2D eigenvalue weighted by atomic mass is 16.5. The molecule has 35 heavy (non-hydrogen) atoms. The Balaban J connectivity index is 1.64. The van der Waals surface area contributed by atoms with Gasteiger partial charge in [0.25, 0.3) is 0 Å². The molecule has 6 nitrogen and oxygen atoms in total. The molecular weight excluding hydrogens is 440 g/mol. The molecule has 3 N–H and O–H groups in total. The molecule has 1 amide bonds. The van der Waals surface area contributed by atoms with Crippen LogP contribution in [0.5, 0.6) is 5.75 Å². The number of nitrogens with two attached hydrogens (primary N) is 1. The van der Waals surface area contributed by atoms with Crippen molar-refractivity contribution in [3.63, 3.8) is 0 Å². The molecule has 6 heteroatoms. The van der Waals surface area contributed by atoms with E-state index in [4.69, 9.17) is 15.2 Å². The van der Waals surface area contributed by atoms with Crippen molar-refractivity contribution >= 4 is 11.9 Å². The van der Waals surface area contributed by atoms with E-state index in [0.717, 1.165) is 22.4 Å². The van der Waals surface area contributed by atoms with Gasteiger partial charge < -0.3 is 20.5 Å². The van der Waals surface area contributed by atoms with E-state index in [1.54, 1.807) is 0 Å². The molecule has 3 aromatic carbocycles. The lowest BCUT2D eigenvalue weighted by molar-refractivity contribution is -0.149. The minimum Gasteiger partial charge on any atom is -0.489 e. The molecule has 0 saturated carbocycles. The minimum absolute atomic E-state index is 0.135. The number of hydrogen-bond acceptors (Lipinski definition) is 5. The molecule has 0 fully saturated rings. The van der Waals surface area contributed by atoms with Crippen molar-refractivity contribution in [3.8, 4) is 5.75 Å². The summed E-state index contributed by atoms with van der Waals surface area (Å²) in [4.78, 5) is 25.6. The van der Waals surface area contributed by atoms with Gasteiger partial charge in [0.1, 0.15) is 25.0 Å². The van der Waals surface area contributed by atoms with Crippen LogP contribution in [-0.4, -0.2) is 24.0 Å². The topological polar surface area (TPSA) is 90.7 Å². The fraction of sp³-hybridized carbons (Fsp3) is 0.310. The van der Waals surface area contributed by atoms with E-state index in [0.29, 0.717) is 13.0 Å². The van der Waals surface area contributed by atoms with Gasteiger partial charge in [0.15, 0.2) is 0 Å². The largest absolute Gasteiger partial charge is 0.489 e. The van der Waals surface area contributed by atoms with Gasteiger partial charge in [0.05, 0.1) is 6.04 Å². The van der Waals surface area contributed by atoms with Crippen LogP contribution in [0.1, 0.15) is 37.0 Å². The number of nitrogens with one attached hydrogen (secondary N) is 1. The summed E-state index contributed by atoms with van der Waals surface area (Å²) in [5.74, 6) is 0.137. The van der Waals surface area contributed by atoms with Gasteiger partial charge in [-0.05, 0) is 41.2 Å². The molecule has 0 aliphatic heterocycles. The number of rotatable bonds is 12. The molecule has 2 atom stereocenters. The van der Waals surface area contributed by atoms with Crippen molar-refractivity contribution in [1.82, 2.24) is 5.32 Å². The lowest BCUT2D eigenvalue weighted by Gasteiger charge is -2.21. The molecule has 3 aromatic rings. The van der Waals surface area contributed by atoms with Crippen LogP contribution < -0.4 is 15.8 Å². The van der Waals surface area contributed by atoms with Crippen LogP contribution in [0.4, 0.5) is 0 Å². The van der Waals surface area contributed by atoms with Gasteiger partial charge in [-0.15, -0.1) is 0 Å². The first-order valence-corrected chi connectivity index (χ1v) is 11.9. The number of amides is 1. The number of ether oxygens (including phenoxy) is 2. The second kappa shape index (κ2) is 13.3. The summed E-state index contributed by atoms with van der Waals surface area (Å²) in [6.07, 6.45) is 0.817. The molecule has 0 radical (unpaired) electrons. The van der Waals surface area contributed by atoms with Crippen LogP contribution in [0.25, 0.3) is 0 Å². The predicted molar refractivity (Wildman–Crippen MR) is 137 cm³/mol. The van der Waals surface area contributed by atoms with Gasteiger partial charge in [-0.3, -0.25) is 4.79 Å². The van der Waals surface area contributed by atoms with Crippen molar-refractivity contribution < 1.29 is 19.1 Å². The molecule has 184 valence electrons. The molecule has 0 spiro atoms. The molecule has 0 unspecified atom stereocenters. The van der Waals surface area contributed by atoms with Crippen molar-refractivity contribution in [2.24, 2.45) is 11.7 Å². The summed E-state index contributed by atoms with van der Waals surface area (Å²) in [6, 6.07) is 25.3. The van der Waals surface area contributed by atoms with E-state index < -0.39 is 18.1 Å². The Bertz CT molecular complexity index is 1050. The maximum atomic E-state index is 12.9. The zero-order valence-corrected chi connectivity index (χ0v) is 20.4. The Kier molecular flexibility index (Phi) is 9.87. The van der Waals surface area contributed by atoms with Crippen molar-refractivity contribution in [3.05, 3.63) is 102 Å². The van der Waals surface area contributed by atoms with Gasteiger partial charge in [-0.1, -0.05) is 86.6 Å². The standard InChI is InChI=1S/C29H34N2O4/c1-21(2)17-26(30)28(32)31-27(29(33)35-20-24-11-7-4-8-12-24)18-22-13-15-25(16-14-22)34-19-23-9-5-3-6-10-23/h3-16,21,26-27H,17-20,30H2,1-2H3,(H,31,32)/t26-,27-/m0/s1. The van der Waals surface area contributed by atoms with E-state index in [1.807, 2.05) is 98.8 Å². The normalized spacial score (nSPS) is 12.6. The molecule has 0 bridgehead atoms. The summed E-state index contributed by atoms with van der Waals surface area (Å²) in [6.45, 7) is 4.61. The third kappa shape index (κ3) is 8.91. The summed E-state index contributed by atoms with van der Waals surface area (Å²) >= 11 is 0. The molecule has 0 aliphatic rings. The fourth-order valence-electron chi connectivity index (χ4n) is 3.61. The zero-order chi connectivity index (χ0) is 25.0. The maximum absolute atomic E-state index is 12.9. The van der Waals surface area contributed by atoms with E-state index in [1.165, 1.54) is 0 Å². The summed E-state index contributed by atoms with van der Waals surface area (Å²) < 4.78 is 11.4. The lowest BCUT2D eigenvalue weighted by atomic mass is 10.0. The van der Waals surface area contributed by atoms with Crippen LogP contribution in [0.3, 0.4) is 0 Å². The monoisotopic (exact) mass is 474 g/mol. The smallest absolute Gasteiger partial charge is 0.329 e. The van der Waals surface area contributed by atoms with Crippen LogP contribution in [0.15, 0.2) is 84.9 Å². The lowest BCUT2D eigenvalue weighted by Crippen LogP contribution is -2.50. The molecular formula is C29H34N2O4. The Morgan fingerprint density at radius 3 is 1.94 bits per heavy atom. The van der Waals surface area contributed by atoms with Crippen molar-refractivity contribution in [2.45, 2.75) is 52.0 Å². The molecule has 0 aliphatic carbocycles. The number of hydrogen-bond donors (Lipinski definition) is 2. The quantitative estimate of drug-likeness (QED) is 0.380. The predicted octanol–water partition coefficient (Wildman–Crippen LogP) is 4.41. The van der Waals surface area contributed by atoms with E-state index in [-0.39, 0.29) is 24.9 Å². The SMILES string of the molecule is CC(C)C[C@H](N)C(=O)N[C@@H](Cc1ccc(OCc2ccccc2)cc1)C(=O)OCc1ccccc1. The van der Waals surface area contributed by atoms with Gasteiger partial charge in [-0.25, -0.2) is 4.79 Å². The van der Waals surface area contributed by atoms with Crippen LogP contribution in [-0.2, 0) is 34.0 Å². The van der Waals surface area contributed by atoms with E-state index in [9.17, 15) is 9.59 Å². The number of carbonyl (C=O) groups is 2. The third-order valence-corrected chi connectivity index (χ3v) is 5.50. The fourth-order valence-corrected chi connectivity index (χ4v) is 3.61. The zero-order valence-electron chi connectivity index (χ0n) is 20.4. The maximum Gasteiger partial charge on any atom is 0.329 e. The molecule has 0 aromatic heterocycles. The molecule has 3 rings (SSSR count). The number of carbonyl (C=O) groups excluding carboxylic acids is 2. The Labute approximate surface area is 207 Å². The number of benzene rings is 3. The van der Waals surface area contributed by atoms with Crippen molar-refractivity contribution in [2.75, 3.05) is 0 Å². The highest BCUT2D eigenvalue weighted by molar-refractivity contribution is 5.87. The van der Waals surface area contributed by atoms with E-state index in [2.05, 4.69) is 5.32 Å². The Morgan fingerprint density at radius 1 is 0.800 bits per heavy atom. The second-order valence-electron chi connectivity index (χ2n) is 9.01. The van der Waals surface area contributed by atoms with Crippen molar-refractivity contribution in [1.29, 1.82) is 0 Å². The summed E-state index contributed by atoms with van der Waals surface area (Å²) in [5, 5.41) is 2.80. The van der Waals surface area contributed by atoms with Gasteiger partial charge >= 0.3 is 5.97 Å². The van der Waals surface area contributed by atoms with Gasteiger partial charge in [-0.2, -0.15) is 0 Å². The van der Waals surface area contributed by atoms with E-state index >= 15 is 0 Å². The first-order valence-electron chi connectivity index (χ1n) is 11.9. The number of esters is 1. The van der Waals surface area contributed by atoms with Crippen LogP contribution in [0.2, 0.25) is 0 Å². The first kappa shape index (κ1) is 26.0. The minimum atomic E-state index is -0.847. The Hall–Kier alpha value is -3.64. The first-order chi connectivity index (χ1) is 16.9. The van der Waals surface area contributed by atoms with Gasteiger partial charge in [0, 0.05) is 6.42 Å².